The van der Waals surface area contributed by atoms with Crippen LogP contribution in [0.4, 0.5) is 11.4 Å². The number of non-ortho nitro benzene ring substituents is 1. The Balaban J connectivity index is 1.69. The number of nitro benzene ring substituents is 1. The molecule has 3 aromatic rings. The molecule has 2 aromatic carbocycles. The molecule has 0 aliphatic heterocycles. The normalized spacial score (nSPS) is 10.4. The highest BCUT2D eigenvalue weighted by Crippen LogP contribution is 2.18. The Morgan fingerprint density at radius 1 is 1.13 bits per heavy atom. The molecule has 7 heteroatoms. The van der Waals surface area contributed by atoms with Crippen LogP contribution in [0.1, 0.15) is 11.1 Å². The predicted molar refractivity (Wildman–Crippen MR) is 86.0 cm³/mol. The van der Waals surface area contributed by atoms with Crippen LogP contribution < -0.4 is 5.32 Å². The fourth-order valence-corrected chi connectivity index (χ4v) is 2.25. The molecule has 0 saturated heterocycles. The number of nitrogens with zero attached hydrogens (tertiary/aromatic N) is 4. The molecular weight excluding hydrogens is 294 g/mol. The van der Waals surface area contributed by atoms with Crippen molar-refractivity contribution in [1.29, 1.82) is 0 Å². The van der Waals surface area contributed by atoms with Crippen molar-refractivity contribution in [1.82, 2.24) is 14.8 Å². The van der Waals surface area contributed by atoms with Gasteiger partial charge >= 0.3 is 0 Å². The van der Waals surface area contributed by atoms with Gasteiger partial charge < -0.3 is 5.32 Å². The Kier molecular flexibility index (Phi) is 4.28. The molecule has 0 aliphatic carbocycles. The van der Waals surface area contributed by atoms with Crippen LogP contribution in [0, 0.1) is 10.1 Å². The summed E-state index contributed by atoms with van der Waals surface area (Å²) in [4.78, 5) is 14.2. The van der Waals surface area contributed by atoms with Gasteiger partial charge in [0.05, 0.1) is 11.5 Å². The maximum Gasteiger partial charge on any atom is 0.269 e. The molecule has 0 amide bonds. The molecule has 0 unspecified atom stereocenters. The van der Waals surface area contributed by atoms with E-state index in [2.05, 4.69) is 15.4 Å². The smallest absolute Gasteiger partial charge is 0.269 e. The fourth-order valence-electron chi connectivity index (χ4n) is 2.25. The number of hydrogen-bond acceptors (Lipinski definition) is 5. The van der Waals surface area contributed by atoms with Gasteiger partial charge in [0.2, 0.25) is 0 Å². The van der Waals surface area contributed by atoms with Crippen LogP contribution >= 0.6 is 0 Å². The first-order chi connectivity index (χ1) is 11.2. The van der Waals surface area contributed by atoms with E-state index < -0.39 is 4.92 Å². The van der Waals surface area contributed by atoms with Crippen LogP contribution in [0.15, 0.2) is 61.2 Å². The Hall–Kier alpha value is -3.22. The average molecular weight is 309 g/mol. The van der Waals surface area contributed by atoms with Crippen molar-refractivity contribution in [3.8, 4) is 0 Å². The zero-order valence-corrected chi connectivity index (χ0v) is 12.3. The maximum atomic E-state index is 10.7. The lowest BCUT2D eigenvalue weighted by atomic mass is 10.1. The van der Waals surface area contributed by atoms with Crippen molar-refractivity contribution >= 4 is 11.4 Å². The van der Waals surface area contributed by atoms with Crippen molar-refractivity contribution in [3.05, 3.63) is 82.4 Å². The minimum atomic E-state index is -0.398. The van der Waals surface area contributed by atoms with E-state index in [1.807, 2.05) is 24.3 Å². The van der Waals surface area contributed by atoms with Crippen LogP contribution in [-0.2, 0) is 13.1 Å². The van der Waals surface area contributed by atoms with Gasteiger partial charge in [-0.3, -0.25) is 10.1 Å². The second-order valence-electron chi connectivity index (χ2n) is 5.03. The number of nitro groups is 1. The molecule has 0 fully saturated rings. The Labute approximate surface area is 132 Å². The molecule has 0 spiro atoms. The summed E-state index contributed by atoms with van der Waals surface area (Å²) in [6.07, 6.45) is 3.18. The molecule has 23 heavy (non-hydrogen) atoms. The first kappa shape index (κ1) is 14.7. The highest BCUT2D eigenvalue weighted by molar-refractivity contribution is 5.51. The summed E-state index contributed by atoms with van der Waals surface area (Å²) < 4.78 is 1.76. The fraction of sp³-hybridized carbons (Fsp3) is 0.125. The number of hydrogen-bond donors (Lipinski definition) is 1. The van der Waals surface area contributed by atoms with Crippen LogP contribution in [-0.4, -0.2) is 19.7 Å². The van der Waals surface area contributed by atoms with E-state index in [9.17, 15) is 10.1 Å². The third-order valence-corrected chi connectivity index (χ3v) is 3.45. The lowest BCUT2D eigenvalue weighted by Crippen LogP contribution is -2.06. The van der Waals surface area contributed by atoms with E-state index in [1.54, 1.807) is 23.1 Å². The number of para-hydroxylation sites is 1. The zero-order valence-electron chi connectivity index (χ0n) is 12.3. The van der Waals surface area contributed by atoms with Crippen molar-refractivity contribution in [2.24, 2.45) is 0 Å². The van der Waals surface area contributed by atoms with Crippen LogP contribution in [0.2, 0.25) is 0 Å². The van der Waals surface area contributed by atoms with Gasteiger partial charge in [-0.05, 0) is 17.2 Å². The van der Waals surface area contributed by atoms with Crippen LogP contribution in [0.3, 0.4) is 0 Å². The van der Waals surface area contributed by atoms with E-state index >= 15 is 0 Å². The largest absolute Gasteiger partial charge is 0.381 e. The first-order valence-corrected chi connectivity index (χ1v) is 7.10. The molecule has 0 aliphatic rings. The van der Waals surface area contributed by atoms with Gasteiger partial charge in [0, 0.05) is 24.4 Å². The van der Waals surface area contributed by atoms with Crippen molar-refractivity contribution in [3.63, 3.8) is 0 Å². The van der Waals surface area contributed by atoms with Gasteiger partial charge in [0.25, 0.3) is 5.69 Å². The Morgan fingerprint density at radius 2 is 1.91 bits per heavy atom. The molecule has 1 heterocycles. The summed E-state index contributed by atoms with van der Waals surface area (Å²) in [6.45, 7) is 1.22. The van der Waals surface area contributed by atoms with Crippen LogP contribution in [0.5, 0.6) is 0 Å². The van der Waals surface area contributed by atoms with Crippen molar-refractivity contribution < 1.29 is 4.92 Å². The standard InChI is InChI=1S/C16H15N5O2/c22-21(23)15-7-5-13(6-8-15)9-18-16-4-2-1-3-14(16)10-20-12-17-11-19-20/h1-8,11-12,18H,9-10H2. The van der Waals surface area contributed by atoms with E-state index in [-0.39, 0.29) is 5.69 Å². The summed E-state index contributed by atoms with van der Waals surface area (Å²) in [5, 5.41) is 18.1. The number of anilines is 1. The first-order valence-electron chi connectivity index (χ1n) is 7.10. The second-order valence-corrected chi connectivity index (χ2v) is 5.03. The highest BCUT2D eigenvalue weighted by Gasteiger charge is 2.05. The molecule has 0 atom stereocenters. The van der Waals surface area contributed by atoms with Gasteiger partial charge in [-0.15, -0.1) is 0 Å². The molecular formula is C16H15N5O2. The minimum Gasteiger partial charge on any atom is -0.381 e. The SMILES string of the molecule is O=[N+]([O-])c1ccc(CNc2ccccc2Cn2cncn2)cc1. The van der Waals surface area contributed by atoms with Gasteiger partial charge in [0.15, 0.2) is 0 Å². The molecule has 0 saturated carbocycles. The Morgan fingerprint density at radius 3 is 2.61 bits per heavy atom. The van der Waals surface area contributed by atoms with Gasteiger partial charge in [0.1, 0.15) is 12.7 Å². The number of rotatable bonds is 6. The third kappa shape index (κ3) is 3.70. The average Bonchev–Trinajstić information content (AvgIpc) is 3.07. The summed E-state index contributed by atoms with van der Waals surface area (Å²) in [7, 11) is 0. The third-order valence-electron chi connectivity index (χ3n) is 3.45. The van der Waals surface area contributed by atoms with E-state index in [4.69, 9.17) is 0 Å². The second kappa shape index (κ2) is 6.69. The summed E-state index contributed by atoms with van der Waals surface area (Å²) in [5.41, 5.74) is 3.17. The van der Waals surface area contributed by atoms with Crippen molar-refractivity contribution in [2.45, 2.75) is 13.1 Å². The van der Waals surface area contributed by atoms with E-state index in [0.29, 0.717) is 13.1 Å². The summed E-state index contributed by atoms with van der Waals surface area (Å²) in [6, 6.07) is 14.5. The van der Waals surface area contributed by atoms with E-state index in [1.165, 1.54) is 18.5 Å². The monoisotopic (exact) mass is 309 g/mol. The number of benzene rings is 2. The molecule has 7 nitrogen and oxygen atoms in total. The summed E-state index contributed by atoms with van der Waals surface area (Å²) in [5.74, 6) is 0. The molecule has 116 valence electrons. The number of nitrogens with one attached hydrogen (secondary N) is 1. The lowest BCUT2D eigenvalue weighted by molar-refractivity contribution is -0.384. The van der Waals surface area contributed by atoms with Gasteiger partial charge in [-0.25, -0.2) is 9.67 Å². The minimum absolute atomic E-state index is 0.0975. The quantitative estimate of drug-likeness (QED) is 0.559. The summed E-state index contributed by atoms with van der Waals surface area (Å²) >= 11 is 0. The molecule has 1 aromatic heterocycles. The topological polar surface area (TPSA) is 85.9 Å². The highest BCUT2D eigenvalue weighted by atomic mass is 16.6. The zero-order chi connectivity index (χ0) is 16.1. The molecule has 0 radical (unpaired) electrons. The molecule has 3 rings (SSSR count). The van der Waals surface area contributed by atoms with Crippen molar-refractivity contribution in [2.75, 3.05) is 5.32 Å². The predicted octanol–water partition coefficient (Wildman–Crippen LogP) is 2.85. The van der Waals surface area contributed by atoms with Gasteiger partial charge in [-0.1, -0.05) is 30.3 Å². The van der Waals surface area contributed by atoms with E-state index in [0.717, 1.165) is 16.8 Å². The lowest BCUT2D eigenvalue weighted by Gasteiger charge is -2.12. The maximum absolute atomic E-state index is 10.7. The van der Waals surface area contributed by atoms with Gasteiger partial charge in [-0.2, -0.15) is 5.10 Å². The van der Waals surface area contributed by atoms with Crippen LogP contribution in [0.25, 0.3) is 0 Å². The molecule has 1 N–H and O–H groups in total. The Bertz CT molecular complexity index is 784. The molecule has 0 bridgehead atoms. The number of aromatic nitrogens is 3.